The number of esters is 2. The van der Waals surface area contributed by atoms with Crippen LogP contribution in [0.4, 0.5) is 0 Å². The molecular weight excluding hydrogens is 436 g/mol. The van der Waals surface area contributed by atoms with E-state index in [4.69, 9.17) is 9.47 Å². The van der Waals surface area contributed by atoms with Gasteiger partial charge >= 0.3 is 11.9 Å². The monoisotopic (exact) mass is 455 g/mol. The number of halogens is 2. The third-order valence-electron chi connectivity index (χ3n) is 3.47. The van der Waals surface area contributed by atoms with Crippen molar-refractivity contribution in [3.8, 4) is 0 Å². The minimum atomic E-state index is -1.23. The summed E-state index contributed by atoms with van der Waals surface area (Å²) < 4.78 is 8.97. The average Bonchev–Trinajstić information content (AvgIpc) is 2.35. The van der Waals surface area contributed by atoms with Gasteiger partial charge in [0, 0.05) is 18.3 Å². The largest absolute Gasteiger partial charge is 0.550 e. The predicted molar refractivity (Wildman–Crippen MR) is 88.1 cm³/mol. The number of hydrogen-bond acceptors (Lipinski definition) is 6. The van der Waals surface area contributed by atoms with Crippen LogP contribution in [0.1, 0.15) is 47.0 Å². The highest BCUT2D eigenvalue weighted by Crippen LogP contribution is 2.32. The van der Waals surface area contributed by atoms with E-state index in [1.165, 1.54) is 0 Å². The summed E-state index contributed by atoms with van der Waals surface area (Å²) in [6.07, 6.45) is -0.682. The van der Waals surface area contributed by atoms with Crippen LogP contribution in [0.15, 0.2) is 0 Å². The SMILES string of the molecule is CC(C)(Br)C(=O)OC1CC(OC(=O)C(C)(C)Br)CC(C(=O)[O-])C1. The summed E-state index contributed by atoms with van der Waals surface area (Å²) in [5.41, 5.74) is 0. The molecule has 132 valence electrons. The fourth-order valence-corrected chi connectivity index (χ4v) is 2.37. The van der Waals surface area contributed by atoms with Gasteiger partial charge in [-0.05, 0) is 40.5 Å². The van der Waals surface area contributed by atoms with Gasteiger partial charge in [-0.1, -0.05) is 31.9 Å². The molecule has 23 heavy (non-hydrogen) atoms. The molecule has 1 aliphatic carbocycles. The Bertz CT molecular complexity index is 441. The number of carbonyl (C=O) groups is 3. The van der Waals surface area contributed by atoms with Crippen LogP contribution in [-0.2, 0) is 23.9 Å². The number of ether oxygens (including phenoxy) is 2. The lowest BCUT2D eigenvalue weighted by molar-refractivity contribution is -0.314. The summed E-state index contributed by atoms with van der Waals surface area (Å²) in [6, 6.07) is 0. The number of hydrogen-bond donors (Lipinski definition) is 0. The first kappa shape index (κ1) is 20.4. The van der Waals surface area contributed by atoms with E-state index in [-0.39, 0.29) is 19.3 Å². The molecule has 0 spiro atoms. The second-order valence-corrected chi connectivity index (χ2v) is 10.7. The van der Waals surface area contributed by atoms with Gasteiger partial charge < -0.3 is 19.4 Å². The smallest absolute Gasteiger partial charge is 0.322 e. The first-order chi connectivity index (χ1) is 10.3. The Morgan fingerprint density at radius 2 is 1.22 bits per heavy atom. The molecule has 0 aromatic rings. The summed E-state index contributed by atoms with van der Waals surface area (Å²) in [5.74, 6) is -3.04. The van der Waals surface area contributed by atoms with Crippen molar-refractivity contribution in [2.24, 2.45) is 5.92 Å². The van der Waals surface area contributed by atoms with E-state index in [9.17, 15) is 19.5 Å². The highest BCUT2D eigenvalue weighted by molar-refractivity contribution is 9.10. The Morgan fingerprint density at radius 3 is 1.48 bits per heavy atom. The number of rotatable bonds is 5. The molecule has 1 fully saturated rings. The van der Waals surface area contributed by atoms with Crippen LogP contribution in [0, 0.1) is 5.92 Å². The summed E-state index contributed by atoms with van der Waals surface area (Å²) in [6.45, 7) is 6.55. The zero-order valence-electron chi connectivity index (χ0n) is 13.6. The van der Waals surface area contributed by atoms with Gasteiger partial charge in [-0.2, -0.15) is 0 Å². The van der Waals surface area contributed by atoms with Crippen LogP contribution in [0.25, 0.3) is 0 Å². The Labute approximate surface area is 152 Å². The van der Waals surface area contributed by atoms with E-state index in [0.29, 0.717) is 0 Å². The fourth-order valence-electron chi connectivity index (χ4n) is 2.18. The van der Waals surface area contributed by atoms with Crippen molar-refractivity contribution in [1.82, 2.24) is 0 Å². The maximum atomic E-state index is 12.0. The molecule has 0 amide bonds. The average molecular weight is 457 g/mol. The lowest BCUT2D eigenvalue weighted by Crippen LogP contribution is -2.45. The number of alkyl halides is 2. The molecule has 8 heteroatoms. The normalized spacial score (nSPS) is 25.6. The molecule has 0 aromatic heterocycles. The van der Waals surface area contributed by atoms with Gasteiger partial charge in [-0.15, -0.1) is 0 Å². The van der Waals surface area contributed by atoms with Crippen LogP contribution in [-0.4, -0.2) is 38.8 Å². The van der Waals surface area contributed by atoms with Crippen molar-refractivity contribution in [2.75, 3.05) is 0 Å². The Kier molecular flexibility index (Phi) is 6.66. The molecule has 6 nitrogen and oxygen atoms in total. The van der Waals surface area contributed by atoms with E-state index in [1.807, 2.05) is 0 Å². The lowest BCUT2D eigenvalue weighted by atomic mass is 9.85. The molecular formula is C15H21Br2O6-. The third kappa shape index (κ3) is 6.41. The molecule has 0 bridgehead atoms. The Balaban J connectivity index is 2.79. The minimum absolute atomic E-state index is 0.156. The van der Waals surface area contributed by atoms with Gasteiger partial charge in [0.05, 0.1) is 0 Å². The van der Waals surface area contributed by atoms with Crippen LogP contribution < -0.4 is 5.11 Å². The zero-order valence-corrected chi connectivity index (χ0v) is 16.7. The molecule has 0 N–H and O–H groups in total. The standard InChI is InChI=1S/C15H22Br2O6/c1-14(2,16)12(20)22-9-5-8(11(18)19)6-10(7-9)23-13(21)15(3,4)17/h8-10H,5-7H2,1-4H3,(H,18,19)/p-1. The third-order valence-corrected chi connectivity index (χ3v) is 4.12. The Hall–Kier alpha value is -0.630. The van der Waals surface area contributed by atoms with E-state index in [1.54, 1.807) is 27.7 Å². The first-order valence-corrected chi connectivity index (χ1v) is 8.90. The second-order valence-electron chi connectivity index (χ2n) is 6.72. The van der Waals surface area contributed by atoms with Gasteiger partial charge in [-0.25, -0.2) is 0 Å². The first-order valence-electron chi connectivity index (χ1n) is 7.31. The molecule has 2 unspecified atom stereocenters. The molecule has 2 atom stereocenters. The number of carboxylic acids is 1. The molecule has 0 aliphatic heterocycles. The zero-order chi connectivity index (χ0) is 18.0. The predicted octanol–water partition coefficient (Wildman–Crippen LogP) is 1.71. The summed E-state index contributed by atoms with van der Waals surface area (Å²) in [5, 5.41) is 11.2. The molecule has 0 saturated heterocycles. The van der Waals surface area contributed by atoms with Crippen LogP contribution in [0.2, 0.25) is 0 Å². The van der Waals surface area contributed by atoms with Crippen LogP contribution in [0.3, 0.4) is 0 Å². The van der Waals surface area contributed by atoms with Gasteiger partial charge in [0.1, 0.15) is 20.9 Å². The van der Waals surface area contributed by atoms with Crippen LogP contribution in [0.5, 0.6) is 0 Å². The summed E-state index contributed by atoms with van der Waals surface area (Å²) >= 11 is 6.40. The molecule has 0 aromatic carbocycles. The molecule has 1 aliphatic rings. The fraction of sp³-hybridized carbons (Fsp3) is 0.800. The highest BCUT2D eigenvalue weighted by Gasteiger charge is 2.38. The van der Waals surface area contributed by atoms with Crippen molar-refractivity contribution in [3.05, 3.63) is 0 Å². The number of carbonyl (C=O) groups excluding carboxylic acids is 3. The van der Waals surface area contributed by atoms with E-state index in [2.05, 4.69) is 31.9 Å². The topological polar surface area (TPSA) is 92.7 Å². The van der Waals surface area contributed by atoms with Crippen molar-refractivity contribution in [1.29, 1.82) is 0 Å². The van der Waals surface area contributed by atoms with Gasteiger partial charge in [0.15, 0.2) is 0 Å². The van der Waals surface area contributed by atoms with Gasteiger partial charge in [-0.3, -0.25) is 9.59 Å². The van der Waals surface area contributed by atoms with Gasteiger partial charge in [0.2, 0.25) is 0 Å². The van der Waals surface area contributed by atoms with Crippen molar-refractivity contribution in [3.63, 3.8) is 0 Å². The van der Waals surface area contributed by atoms with Crippen molar-refractivity contribution < 1.29 is 29.0 Å². The van der Waals surface area contributed by atoms with Crippen LogP contribution >= 0.6 is 31.9 Å². The highest BCUT2D eigenvalue weighted by atomic mass is 79.9. The van der Waals surface area contributed by atoms with E-state index in [0.717, 1.165) is 0 Å². The quantitative estimate of drug-likeness (QED) is 0.461. The summed E-state index contributed by atoms with van der Waals surface area (Å²) in [7, 11) is 0. The maximum Gasteiger partial charge on any atom is 0.322 e. The van der Waals surface area contributed by atoms with E-state index < -0.39 is 44.7 Å². The number of carboxylic acid groups (broad SMARTS) is 1. The maximum absolute atomic E-state index is 12.0. The Morgan fingerprint density at radius 1 is 0.870 bits per heavy atom. The van der Waals surface area contributed by atoms with Gasteiger partial charge in [0.25, 0.3) is 0 Å². The molecule has 0 heterocycles. The molecule has 1 saturated carbocycles. The van der Waals surface area contributed by atoms with Crippen molar-refractivity contribution >= 4 is 49.8 Å². The second kappa shape index (κ2) is 7.51. The lowest BCUT2D eigenvalue weighted by Gasteiger charge is -2.36. The molecule has 1 rings (SSSR count). The van der Waals surface area contributed by atoms with Crippen molar-refractivity contribution in [2.45, 2.75) is 67.8 Å². The summed E-state index contributed by atoms with van der Waals surface area (Å²) in [4.78, 5) is 35.1. The molecule has 0 radical (unpaired) electrons. The minimum Gasteiger partial charge on any atom is -0.550 e. The van der Waals surface area contributed by atoms with E-state index >= 15 is 0 Å². The number of aliphatic carboxylic acids is 1.